The lowest BCUT2D eigenvalue weighted by Crippen LogP contribution is -2.21. The van der Waals surface area contributed by atoms with Gasteiger partial charge in [-0.05, 0) is 37.1 Å². The molecule has 2 aromatic heterocycles. The van der Waals surface area contributed by atoms with E-state index in [1.807, 2.05) is 36.4 Å². The molecule has 0 atom stereocenters. The highest BCUT2D eigenvalue weighted by atomic mass is 16.2. The molecule has 0 saturated heterocycles. The number of rotatable bonds is 4. The van der Waals surface area contributed by atoms with Crippen LogP contribution in [-0.4, -0.2) is 25.8 Å². The van der Waals surface area contributed by atoms with Crippen LogP contribution in [0.5, 0.6) is 0 Å². The third-order valence-corrected chi connectivity index (χ3v) is 3.62. The summed E-state index contributed by atoms with van der Waals surface area (Å²) in [6, 6.07) is 11.5. The van der Waals surface area contributed by atoms with Crippen molar-refractivity contribution in [3.63, 3.8) is 0 Å². The molecule has 5 nitrogen and oxygen atoms in total. The zero-order chi connectivity index (χ0) is 14.8. The van der Waals surface area contributed by atoms with Crippen molar-refractivity contribution in [1.29, 1.82) is 0 Å². The van der Waals surface area contributed by atoms with Gasteiger partial charge in [0.05, 0.1) is 22.9 Å². The average molecular weight is 283 g/mol. The second-order valence-corrected chi connectivity index (χ2v) is 5.00. The van der Waals surface area contributed by atoms with E-state index in [4.69, 9.17) is 5.11 Å². The van der Waals surface area contributed by atoms with E-state index in [1.54, 1.807) is 22.4 Å². The van der Waals surface area contributed by atoms with Crippen molar-refractivity contribution >= 4 is 11.0 Å². The first kappa shape index (κ1) is 13.6. The molecule has 3 aromatic rings. The smallest absolute Gasteiger partial charge is 0.333 e. The minimum absolute atomic E-state index is 0.0823. The Labute approximate surface area is 122 Å². The van der Waals surface area contributed by atoms with Crippen molar-refractivity contribution in [3.8, 4) is 5.69 Å². The fourth-order valence-electron chi connectivity index (χ4n) is 2.50. The van der Waals surface area contributed by atoms with Crippen LogP contribution in [0.25, 0.3) is 16.7 Å². The van der Waals surface area contributed by atoms with Crippen LogP contribution in [0, 0.1) is 0 Å². The molecule has 2 heterocycles. The predicted octanol–water partition coefficient (Wildman–Crippen LogP) is 1.65. The third-order valence-electron chi connectivity index (χ3n) is 3.62. The van der Waals surface area contributed by atoms with Gasteiger partial charge < -0.3 is 5.11 Å². The summed E-state index contributed by atoms with van der Waals surface area (Å²) in [6.45, 7) is 0.159. The largest absolute Gasteiger partial charge is 0.396 e. The summed E-state index contributed by atoms with van der Waals surface area (Å²) in [5, 5.41) is 8.84. The van der Waals surface area contributed by atoms with E-state index in [0.29, 0.717) is 6.42 Å². The first-order valence-electron chi connectivity index (χ1n) is 6.95. The number of hydrogen-bond donors (Lipinski definition) is 1. The first-order chi connectivity index (χ1) is 10.2. The molecule has 108 valence electrons. The maximum atomic E-state index is 12.4. The van der Waals surface area contributed by atoms with Crippen molar-refractivity contribution in [1.82, 2.24) is 14.1 Å². The zero-order valence-corrected chi connectivity index (χ0v) is 11.9. The summed E-state index contributed by atoms with van der Waals surface area (Å²) < 4.78 is 3.30. The molecule has 0 spiro atoms. The van der Waals surface area contributed by atoms with Crippen LogP contribution in [0.1, 0.15) is 12.1 Å². The van der Waals surface area contributed by atoms with Gasteiger partial charge in [0.2, 0.25) is 0 Å². The highest BCUT2D eigenvalue weighted by Crippen LogP contribution is 2.16. The summed E-state index contributed by atoms with van der Waals surface area (Å²) in [6.07, 6.45) is 3.14. The second kappa shape index (κ2) is 5.54. The molecular formula is C16H17N3O2. The number of fused-ring (bicyclic) bond motifs is 1. The van der Waals surface area contributed by atoms with E-state index in [1.165, 1.54) is 0 Å². The Morgan fingerprint density at radius 3 is 2.57 bits per heavy atom. The van der Waals surface area contributed by atoms with Crippen LogP contribution < -0.4 is 5.69 Å². The fourth-order valence-corrected chi connectivity index (χ4v) is 2.50. The minimum Gasteiger partial charge on any atom is -0.396 e. The molecule has 0 aliphatic rings. The Hall–Kier alpha value is -2.40. The van der Waals surface area contributed by atoms with Gasteiger partial charge in [0.25, 0.3) is 0 Å². The Bertz CT molecular complexity index is 816. The van der Waals surface area contributed by atoms with Gasteiger partial charge in [0.1, 0.15) is 0 Å². The predicted molar refractivity (Wildman–Crippen MR) is 81.7 cm³/mol. The molecule has 0 saturated carbocycles. The Morgan fingerprint density at radius 1 is 1.14 bits per heavy atom. The van der Waals surface area contributed by atoms with Gasteiger partial charge in [0.15, 0.2) is 0 Å². The topological polar surface area (TPSA) is 60.0 Å². The van der Waals surface area contributed by atoms with Crippen molar-refractivity contribution in [2.45, 2.75) is 12.8 Å². The molecule has 0 aliphatic carbocycles. The minimum atomic E-state index is -0.0823. The molecule has 0 unspecified atom stereocenters. The lowest BCUT2D eigenvalue weighted by atomic mass is 10.2. The number of aliphatic hydroxyl groups excluding tert-OH is 1. The molecule has 5 heteroatoms. The van der Waals surface area contributed by atoms with Gasteiger partial charge in [-0.2, -0.15) is 0 Å². The zero-order valence-electron chi connectivity index (χ0n) is 11.9. The lowest BCUT2D eigenvalue weighted by molar-refractivity contribution is 0.288. The summed E-state index contributed by atoms with van der Waals surface area (Å²) >= 11 is 0. The number of pyridine rings is 1. The summed E-state index contributed by atoms with van der Waals surface area (Å²) in [7, 11) is 1.77. The molecule has 1 N–H and O–H groups in total. The van der Waals surface area contributed by atoms with Crippen LogP contribution >= 0.6 is 0 Å². The molecular weight excluding hydrogens is 266 g/mol. The van der Waals surface area contributed by atoms with E-state index in [-0.39, 0.29) is 12.3 Å². The molecule has 0 fully saturated rings. The van der Waals surface area contributed by atoms with E-state index in [9.17, 15) is 4.79 Å². The third kappa shape index (κ3) is 2.36. The Morgan fingerprint density at radius 2 is 1.90 bits per heavy atom. The number of aromatic nitrogens is 3. The second-order valence-electron chi connectivity index (χ2n) is 5.00. The van der Waals surface area contributed by atoms with Gasteiger partial charge in [-0.15, -0.1) is 0 Å². The van der Waals surface area contributed by atoms with E-state index in [0.717, 1.165) is 28.8 Å². The molecule has 0 amide bonds. The highest BCUT2D eigenvalue weighted by molar-refractivity contribution is 5.77. The quantitative estimate of drug-likeness (QED) is 0.792. The van der Waals surface area contributed by atoms with Gasteiger partial charge in [-0.25, -0.2) is 4.79 Å². The molecule has 1 aromatic carbocycles. The standard InChI is InChI=1S/C16H17N3O2/c1-18-14-6-2-3-7-15(14)19(16(18)21)13-9-8-12(17-11-13)5-4-10-20/h2-3,6-9,11,20H,4-5,10H2,1H3. The van der Waals surface area contributed by atoms with Crippen LogP contribution in [0.2, 0.25) is 0 Å². The number of hydrogen-bond acceptors (Lipinski definition) is 3. The summed E-state index contributed by atoms with van der Waals surface area (Å²) in [5.74, 6) is 0. The number of aliphatic hydroxyl groups is 1. The van der Waals surface area contributed by atoms with Gasteiger partial charge in [0, 0.05) is 19.3 Å². The van der Waals surface area contributed by atoms with Crippen molar-refractivity contribution < 1.29 is 5.11 Å². The van der Waals surface area contributed by atoms with Crippen molar-refractivity contribution in [3.05, 3.63) is 58.8 Å². The SMILES string of the molecule is Cn1c(=O)n(-c2ccc(CCCO)nc2)c2ccccc21. The van der Waals surface area contributed by atoms with Crippen LogP contribution in [0.15, 0.2) is 47.4 Å². The monoisotopic (exact) mass is 283 g/mol. The Balaban J connectivity index is 2.08. The number of imidazole rings is 1. The van der Waals surface area contributed by atoms with Crippen molar-refractivity contribution in [2.24, 2.45) is 7.05 Å². The van der Waals surface area contributed by atoms with Crippen LogP contribution in [-0.2, 0) is 13.5 Å². The van der Waals surface area contributed by atoms with E-state index >= 15 is 0 Å². The first-order valence-corrected chi connectivity index (χ1v) is 6.95. The lowest BCUT2D eigenvalue weighted by Gasteiger charge is -2.04. The maximum absolute atomic E-state index is 12.4. The van der Waals surface area contributed by atoms with Gasteiger partial charge in [-0.1, -0.05) is 12.1 Å². The number of benzene rings is 1. The molecule has 21 heavy (non-hydrogen) atoms. The van der Waals surface area contributed by atoms with Crippen LogP contribution in [0.4, 0.5) is 0 Å². The molecule has 0 aliphatic heterocycles. The van der Waals surface area contributed by atoms with Crippen LogP contribution in [0.3, 0.4) is 0 Å². The van der Waals surface area contributed by atoms with E-state index < -0.39 is 0 Å². The normalized spacial score (nSPS) is 11.1. The maximum Gasteiger partial charge on any atom is 0.333 e. The van der Waals surface area contributed by atoms with Crippen molar-refractivity contribution in [2.75, 3.05) is 6.61 Å². The van der Waals surface area contributed by atoms with Gasteiger partial charge in [-0.3, -0.25) is 14.1 Å². The summed E-state index contributed by atoms with van der Waals surface area (Å²) in [5.41, 5.74) is 3.36. The number of nitrogens with zero attached hydrogens (tertiary/aromatic N) is 3. The molecule has 0 radical (unpaired) electrons. The number of para-hydroxylation sites is 2. The fraction of sp³-hybridized carbons (Fsp3) is 0.250. The Kier molecular flexibility index (Phi) is 3.58. The number of aryl methyl sites for hydroxylation is 2. The highest BCUT2D eigenvalue weighted by Gasteiger charge is 2.11. The molecule has 3 rings (SSSR count). The average Bonchev–Trinajstić information content (AvgIpc) is 2.78. The van der Waals surface area contributed by atoms with E-state index in [2.05, 4.69) is 4.98 Å². The van der Waals surface area contributed by atoms with Gasteiger partial charge >= 0.3 is 5.69 Å². The molecule has 0 bridgehead atoms. The summed E-state index contributed by atoms with van der Waals surface area (Å²) in [4.78, 5) is 16.8.